The molecular formula is C11H15NS. The fourth-order valence-corrected chi connectivity index (χ4v) is 3.10. The van der Waals surface area contributed by atoms with Crippen LogP contribution in [0.3, 0.4) is 0 Å². The molecule has 0 bridgehead atoms. The third-order valence-corrected chi connectivity index (χ3v) is 3.76. The zero-order valence-electron chi connectivity index (χ0n) is 8.08. The van der Waals surface area contributed by atoms with Crippen molar-refractivity contribution < 1.29 is 0 Å². The van der Waals surface area contributed by atoms with Crippen molar-refractivity contribution in [3.63, 3.8) is 0 Å². The van der Waals surface area contributed by atoms with Crippen LogP contribution in [0, 0.1) is 0 Å². The Balaban J connectivity index is 2.37. The van der Waals surface area contributed by atoms with Crippen LogP contribution in [0.1, 0.15) is 24.9 Å². The molecular weight excluding hydrogens is 178 g/mol. The molecule has 2 heteroatoms. The molecule has 1 aromatic carbocycles. The molecule has 0 spiro atoms. The molecule has 2 rings (SSSR count). The van der Waals surface area contributed by atoms with E-state index in [2.05, 4.69) is 36.5 Å². The van der Waals surface area contributed by atoms with Crippen molar-refractivity contribution in [2.45, 2.75) is 29.5 Å². The van der Waals surface area contributed by atoms with E-state index in [-0.39, 0.29) is 0 Å². The van der Waals surface area contributed by atoms with E-state index in [1.165, 1.54) is 16.9 Å². The van der Waals surface area contributed by atoms with Gasteiger partial charge in [0.2, 0.25) is 0 Å². The van der Waals surface area contributed by atoms with Crippen LogP contribution in [0.2, 0.25) is 0 Å². The van der Waals surface area contributed by atoms with Gasteiger partial charge in [0.05, 0.1) is 0 Å². The van der Waals surface area contributed by atoms with Gasteiger partial charge in [-0.2, -0.15) is 0 Å². The highest BCUT2D eigenvalue weighted by atomic mass is 32.2. The predicted octanol–water partition coefficient (Wildman–Crippen LogP) is 2.83. The van der Waals surface area contributed by atoms with Crippen molar-refractivity contribution in [2.75, 3.05) is 7.05 Å². The zero-order valence-corrected chi connectivity index (χ0v) is 8.90. The number of hydrogen-bond donors (Lipinski definition) is 1. The molecule has 0 fully saturated rings. The van der Waals surface area contributed by atoms with Gasteiger partial charge >= 0.3 is 0 Å². The summed E-state index contributed by atoms with van der Waals surface area (Å²) in [7, 11) is 2.05. The first-order valence-corrected chi connectivity index (χ1v) is 5.62. The summed E-state index contributed by atoms with van der Waals surface area (Å²) >= 11 is 1.99. The number of benzene rings is 1. The molecule has 1 heterocycles. The van der Waals surface area contributed by atoms with Crippen LogP contribution < -0.4 is 5.32 Å². The fraction of sp³-hybridized carbons (Fsp3) is 0.455. The van der Waals surface area contributed by atoms with Crippen molar-refractivity contribution in [2.24, 2.45) is 0 Å². The molecule has 1 N–H and O–H groups in total. The summed E-state index contributed by atoms with van der Waals surface area (Å²) < 4.78 is 0. The lowest BCUT2D eigenvalue weighted by Gasteiger charge is -2.28. The van der Waals surface area contributed by atoms with E-state index in [9.17, 15) is 0 Å². The van der Waals surface area contributed by atoms with E-state index in [1.54, 1.807) is 0 Å². The maximum atomic E-state index is 3.38. The lowest BCUT2D eigenvalue weighted by Crippen LogP contribution is -2.23. The molecule has 13 heavy (non-hydrogen) atoms. The minimum atomic E-state index is 0.549. The summed E-state index contributed by atoms with van der Waals surface area (Å²) in [4.78, 5) is 1.45. The molecule has 2 unspecified atom stereocenters. The van der Waals surface area contributed by atoms with Crippen LogP contribution in [-0.2, 0) is 0 Å². The van der Waals surface area contributed by atoms with E-state index in [1.807, 2.05) is 18.8 Å². The minimum Gasteiger partial charge on any atom is -0.313 e. The minimum absolute atomic E-state index is 0.549. The summed E-state index contributed by atoms with van der Waals surface area (Å²) in [6.07, 6.45) is 1.23. The van der Waals surface area contributed by atoms with Crippen molar-refractivity contribution in [3.05, 3.63) is 29.8 Å². The summed E-state index contributed by atoms with van der Waals surface area (Å²) in [5, 5.41) is 4.11. The number of hydrogen-bond acceptors (Lipinski definition) is 2. The van der Waals surface area contributed by atoms with Crippen molar-refractivity contribution in [1.82, 2.24) is 5.32 Å². The van der Waals surface area contributed by atoms with Crippen LogP contribution in [0.4, 0.5) is 0 Å². The van der Waals surface area contributed by atoms with Gasteiger partial charge in [-0.1, -0.05) is 25.1 Å². The van der Waals surface area contributed by atoms with Gasteiger partial charge in [-0.15, -0.1) is 11.8 Å². The molecule has 1 aliphatic heterocycles. The molecule has 1 nitrogen and oxygen atoms in total. The average Bonchev–Trinajstić information content (AvgIpc) is 2.16. The number of fused-ring (bicyclic) bond motifs is 1. The van der Waals surface area contributed by atoms with E-state index in [4.69, 9.17) is 0 Å². The Morgan fingerprint density at radius 2 is 2.15 bits per heavy atom. The number of rotatable bonds is 1. The fourth-order valence-electron chi connectivity index (χ4n) is 1.87. The lowest BCUT2D eigenvalue weighted by molar-refractivity contribution is 0.531. The van der Waals surface area contributed by atoms with E-state index < -0.39 is 0 Å². The van der Waals surface area contributed by atoms with Gasteiger partial charge in [0, 0.05) is 16.2 Å². The van der Waals surface area contributed by atoms with E-state index in [0.717, 1.165) is 5.25 Å². The monoisotopic (exact) mass is 193 g/mol. The van der Waals surface area contributed by atoms with Gasteiger partial charge in [0.1, 0.15) is 0 Å². The normalized spacial score (nSPS) is 26.9. The van der Waals surface area contributed by atoms with Crippen molar-refractivity contribution in [3.8, 4) is 0 Å². The van der Waals surface area contributed by atoms with E-state index in [0.29, 0.717) is 6.04 Å². The van der Waals surface area contributed by atoms with Crippen LogP contribution in [0.5, 0.6) is 0 Å². The SMILES string of the molecule is CNC1CC(C)Sc2ccccc21. The molecule has 1 aliphatic rings. The maximum absolute atomic E-state index is 3.38. The Kier molecular flexibility index (Phi) is 2.61. The lowest BCUT2D eigenvalue weighted by atomic mass is 10.0. The summed E-state index contributed by atoms with van der Waals surface area (Å²) in [6, 6.07) is 9.25. The van der Waals surface area contributed by atoms with Crippen LogP contribution in [-0.4, -0.2) is 12.3 Å². The second-order valence-corrected chi connectivity index (χ2v) is 5.02. The number of nitrogens with one attached hydrogen (secondary N) is 1. The first-order chi connectivity index (χ1) is 6.31. The summed E-state index contributed by atoms with van der Waals surface area (Å²) in [6.45, 7) is 2.30. The van der Waals surface area contributed by atoms with Gasteiger partial charge < -0.3 is 5.32 Å². The van der Waals surface area contributed by atoms with Crippen LogP contribution in [0.15, 0.2) is 29.2 Å². The van der Waals surface area contributed by atoms with Gasteiger partial charge in [-0.25, -0.2) is 0 Å². The molecule has 0 radical (unpaired) electrons. The first kappa shape index (κ1) is 9.10. The Morgan fingerprint density at radius 3 is 2.92 bits per heavy atom. The van der Waals surface area contributed by atoms with Gasteiger partial charge in [0.25, 0.3) is 0 Å². The average molecular weight is 193 g/mol. The van der Waals surface area contributed by atoms with Crippen LogP contribution in [0.25, 0.3) is 0 Å². The van der Waals surface area contributed by atoms with Crippen LogP contribution >= 0.6 is 11.8 Å². The topological polar surface area (TPSA) is 12.0 Å². The highest BCUT2D eigenvalue weighted by Gasteiger charge is 2.22. The quantitative estimate of drug-likeness (QED) is 0.736. The molecule has 70 valence electrons. The molecule has 0 saturated heterocycles. The molecule has 0 aliphatic carbocycles. The summed E-state index contributed by atoms with van der Waals surface area (Å²) in [5.74, 6) is 0. The molecule has 0 saturated carbocycles. The largest absolute Gasteiger partial charge is 0.313 e. The van der Waals surface area contributed by atoms with Gasteiger partial charge in [0.15, 0.2) is 0 Å². The third-order valence-electron chi connectivity index (χ3n) is 2.54. The standard InChI is InChI=1S/C11H15NS/c1-8-7-10(12-2)9-5-3-4-6-11(9)13-8/h3-6,8,10,12H,7H2,1-2H3. The highest BCUT2D eigenvalue weighted by Crippen LogP contribution is 2.39. The second-order valence-electron chi connectivity index (χ2n) is 3.54. The Hall–Kier alpha value is -0.470. The molecule has 2 atom stereocenters. The zero-order chi connectivity index (χ0) is 9.26. The second kappa shape index (κ2) is 3.72. The smallest absolute Gasteiger partial charge is 0.0339 e. The highest BCUT2D eigenvalue weighted by molar-refractivity contribution is 8.00. The third kappa shape index (κ3) is 1.74. The first-order valence-electron chi connectivity index (χ1n) is 4.74. The summed E-state index contributed by atoms with van der Waals surface area (Å²) in [5.41, 5.74) is 1.47. The van der Waals surface area contributed by atoms with Crippen molar-refractivity contribution in [1.29, 1.82) is 0 Å². The van der Waals surface area contributed by atoms with Gasteiger partial charge in [-0.05, 0) is 25.1 Å². The predicted molar refractivity (Wildman–Crippen MR) is 58.2 cm³/mol. The van der Waals surface area contributed by atoms with Crippen molar-refractivity contribution >= 4 is 11.8 Å². The molecule has 0 amide bonds. The molecule has 1 aromatic rings. The molecule has 0 aromatic heterocycles. The number of thioether (sulfide) groups is 1. The Morgan fingerprint density at radius 1 is 1.38 bits per heavy atom. The Bertz CT molecular complexity index is 298. The van der Waals surface area contributed by atoms with E-state index >= 15 is 0 Å². The Labute approximate surface area is 83.9 Å². The maximum Gasteiger partial charge on any atom is 0.0339 e. The van der Waals surface area contributed by atoms with Gasteiger partial charge in [-0.3, -0.25) is 0 Å².